The molecule has 10 heteroatoms. The summed E-state index contributed by atoms with van der Waals surface area (Å²) in [7, 11) is -7.21. The minimum absolute atomic E-state index is 0.0570. The summed E-state index contributed by atoms with van der Waals surface area (Å²) in [5.74, 6) is -0.582. The number of aryl methyl sites for hydroxylation is 1. The molecular formula is C26H29N3O5S2. The van der Waals surface area contributed by atoms with Gasteiger partial charge in [-0.05, 0) is 61.7 Å². The Morgan fingerprint density at radius 1 is 0.833 bits per heavy atom. The van der Waals surface area contributed by atoms with Crippen LogP contribution in [0.15, 0.2) is 83.8 Å². The van der Waals surface area contributed by atoms with Crippen LogP contribution in [0, 0.1) is 12.8 Å². The summed E-state index contributed by atoms with van der Waals surface area (Å²) in [4.78, 5) is 12.8. The topological polar surface area (TPSA) is 113 Å². The third kappa shape index (κ3) is 6.51. The normalized spacial score (nSPS) is 15.4. The van der Waals surface area contributed by atoms with Crippen molar-refractivity contribution in [1.29, 1.82) is 0 Å². The number of piperidine rings is 1. The summed E-state index contributed by atoms with van der Waals surface area (Å²) in [5.41, 5.74) is 2.75. The molecule has 0 saturated carbocycles. The number of rotatable bonds is 8. The molecule has 1 fully saturated rings. The van der Waals surface area contributed by atoms with Crippen molar-refractivity contribution in [3.05, 3.63) is 90.0 Å². The maximum atomic E-state index is 12.8. The average molecular weight is 528 g/mol. The van der Waals surface area contributed by atoms with E-state index in [1.807, 2.05) is 31.2 Å². The fraction of sp³-hybridized carbons (Fsp3) is 0.269. The summed E-state index contributed by atoms with van der Waals surface area (Å²) in [6, 6.07) is 22.0. The van der Waals surface area contributed by atoms with Gasteiger partial charge in [0.1, 0.15) is 0 Å². The molecule has 0 aliphatic carbocycles. The lowest BCUT2D eigenvalue weighted by Crippen LogP contribution is -2.41. The van der Waals surface area contributed by atoms with E-state index in [4.69, 9.17) is 0 Å². The van der Waals surface area contributed by atoms with Gasteiger partial charge in [-0.1, -0.05) is 48.0 Å². The number of hydrogen-bond donors (Lipinski definition) is 2. The minimum atomic E-state index is -3.75. The van der Waals surface area contributed by atoms with Crippen LogP contribution in [0.4, 0.5) is 11.4 Å². The van der Waals surface area contributed by atoms with Crippen LogP contribution < -0.4 is 10.0 Å². The van der Waals surface area contributed by atoms with E-state index in [1.54, 1.807) is 42.5 Å². The Kier molecular flexibility index (Phi) is 7.77. The minimum Gasteiger partial charge on any atom is -0.326 e. The van der Waals surface area contributed by atoms with Crippen LogP contribution in [0.1, 0.15) is 24.0 Å². The zero-order valence-corrected chi connectivity index (χ0v) is 21.6. The van der Waals surface area contributed by atoms with Gasteiger partial charge in [-0.15, -0.1) is 0 Å². The molecule has 0 bridgehead atoms. The van der Waals surface area contributed by atoms with Crippen LogP contribution in [0.25, 0.3) is 0 Å². The van der Waals surface area contributed by atoms with Crippen molar-refractivity contribution < 1.29 is 21.6 Å². The Morgan fingerprint density at radius 2 is 1.44 bits per heavy atom. The first-order chi connectivity index (χ1) is 17.1. The zero-order chi connectivity index (χ0) is 25.8. The van der Waals surface area contributed by atoms with E-state index < -0.39 is 20.0 Å². The average Bonchev–Trinajstić information content (AvgIpc) is 2.86. The number of carbonyl (C=O) groups is 1. The fourth-order valence-electron chi connectivity index (χ4n) is 4.06. The first kappa shape index (κ1) is 25.9. The molecule has 1 saturated heterocycles. The van der Waals surface area contributed by atoms with Crippen molar-refractivity contribution in [3.8, 4) is 0 Å². The molecule has 4 rings (SSSR count). The van der Waals surface area contributed by atoms with Gasteiger partial charge in [0.05, 0.1) is 10.6 Å². The largest absolute Gasteiger partial charge is 0.326 e. The second-order valence-electron chi connectivity index (χ2n) is 8.90. The summed E-state index contributed by atoms with van der Waals surface area (Å²) < 4.78 is 54.7. The molecule has 0 atom stereocenters. The van der Waals surface area contributed by atoms with Gasteiger partial charge in [-0.25, -0.2) is 21.1 Å². The molecule has 0 unspecified atom stereocenters. The van der Waals surface area contributed by atoms with Crippen molar-refractivity contribution in [2.75, 3.05) is 23.1 Å². The number of hydrogen-bond acceptors (Lipinski definition) is 5. The number of sulfonamides is 2. The molecule has 0 aromatic heterocycles. The lowest BCUT2D eigenvalue weighted by Gasteiger charge is -2.30. The standard InChI is InChI=1S/C26H29N3O5S2/c1-20-7-9-21(10-8-20)19-35(31,32)29-17-15-22(16-18-29)26(30)27-23-11-13-25(14-12-23)36(33,34)28-24-5-3-2-4-6-24/h2-14,22,28H,15-19H2,1H3,(H,27,30). The Balaban J connectivity index is 1.31. The third-order valence-electron chi connectivity index (χ3n) is 6.15. The molecule has 2 N–H and O–H groups in total. The van der Waals surface area contributed by atoms with Crippen LogP contribution >= 0.6 is 0 Å². The Bertz CT molecular complexity index is 1400. The maximum absolute atomic E-state index is 12.8. The predicted octanol–water partition coefficient (Wildman–Crippen LogP) is 3.98. The fourth-order valence-corrected chi connectivity index (χ4v) is 6.69. The predicted molar refractivity (Wildman–Crippen MR) is 140 cm³/mol. The quantitative estimate of drug-likeness (QED) is 0.460. The van der Waals surface area contributed by atoms with E-state index in [2.05, 4.69) is 10.0 Å². The van der Waals surface area contributed by atoms with E-state index in [9.17, 15) is 21.6 Å². The van der Waals surface area contributed by atoms with E-state index in [-0.39, 0.29) is 35.6 Å². The number of nitrogens with one attached hydrogen (secondary N) is 2. The van der Waals surface area contributed by atoms with Crippen molar-refractivity contribution in [2.45, 2.75) is 30.4 Å². The summed E-state index contributed by atoms with van der Waals surface area (Å²) in [6.45, 7) is 2.52. The SMILES string of the molecule is Cc1ccc(CS(=O)(=O)N2CCC(C(=O)Nc3ccc(S(=O)(=O)Nc4ccccc4)cc3)CC2)cc1. The number of amides is 1. The second kappa shape index (κ2) is 10.8. The van der Waals surface area contributed by atoms with Gasteiger partial charge in [-0.2, -0.15) is 0 Å². The van der Waals surface area contributed by atoms with Gasteiger partial charge in [0.2, 0.25) is 15.9 Å². The molecule has 1 aliphatic heterocycles. The highest BCUT2D eigenvalue weighted by atomic mass is 32.2. The van der Waals surface area contributed by atoms with Gasteiger partial charge in [0, 0.05) is 30.4 Å². The first-order valence-corrected chi connectivity index (χ1v) is 14.7. The van der Waals surface area contributed by atoms with Gasteiger partial charge in [-0.3, -0.25) is 9.52 Å². The van der Waals surface area contributed by atoms with E-state index >= 15 is 0 Å². The van der Waals surface area contributed by atoms with Crippen LogP contribution in [-0.2, 0) is 30.6 Å². The molecule has 1 heterocycles. The van der Waals surface area contributed by atoms with E-state index in [0.29, 0.717) is 24.2 Å². The van der Waals surface area contributed by atoms with Crippen LogP contribution in [-0.4, -0.2) is 40.1 Å². The van der Waals surface area contributed by atoms with Crippen LogP contribution in [0.5, 0.6) is 0 Å². The maximum Gasteiger partial charge on any atom is 0.261 e. The lowest BCUT2D eigenvalue weighted by molar-refractivity contribution is -0.120. The Morgan fingerprint density at radius 3 is 2.06 bits per heavy atom. The highest BCUT2D eigenvalue weighted by Gasteiger charge is 2.31. The van der Waals surface area contributed by atoms with Gasteiger partial charge in [0.15, 0.2) is 0 Å². The van der Waals surface area contributed by atoms with Crippen LogP contribution in [0.2, 0.25) is 0 Å². The molecule has 0 spiro atoms. The van der Waals surface area contributed by atoms with Gasteiger partial charge in [0.25, 0.3) is 10.0 Å². The molecule has 0 radical (unpaired) electrons. The highest BCUT2D eigenvalue weighted by molar-refractivity contribution is 7.92. The van der Waals surface area contributed by atoms with Crippen LogP contribution in [0.3, 0.4) is 0 Å². The molecule has 1 amide bonds. The Labute approximate surface area is 212 Å². The van der Waals surface area contributed by atoms with Crippen molar-refractivity contribution in [3.63, 3.8) is 0 Å². The summed E-state index contributed by atoms with van der Waals surface area (Å²) in [5, 5.41) is 2.82. The third-order valence-corrected chi connectivity index (χ3v) is 9.39. The molecular weight excluding hydrogens is 498 g/mol. The molecule has 3 aromatic carbocycles. The molecule has 36 heavy (non-hydrogen) atoms. The van der Waals surface area contributed by atoms with Gasteiger partial charge < -0.3 is 5.32 Å². The van der Waals surface area contributed by atoms with E-state index in [0.717, 1.165) is 11.1 Å². The number of anilines is 2. The first-order valence-electron chi connectivity index (χ1n) is 11.6. The molecule has 190 valence electrons. The monoisotopic (exact) mass is 527 g/mol. The van der Waals surface area contributed by atoms with Gasteiger partial charge >= 0.3 is 0 Å². The number of carbonyl (C=O) groups excluding carboxylic acids is 1. The zero-order valence-electron chi connectivity index (χ0n) is 19.9. The second-order valence-corrected chi connectivity index (χ2v) is 12.6. The summed E-state index contributed by atoms with van der Waals surface area (Å²) >= 11 is 0. The number of benzene rings is 3. The smallest absolute Gasteiger partial charge is 0.261 e. The molecule has 8 nitrogen and oxygen atoms in total. The highest BCUT2D eigenvalue weighted by Crippen LogP contribution is 2.24. The van der Waals surface area contributed by atoms with Crippen molar-refractivity contribution in [1.82, 2.24) is 4.31 Å². The molecule has 3 aromatic rings. The Hall–Kier alpha value is -3.21. The van der Waals surface area contributed by atoms with E-state index in [1.165, 1.54) is 16.4 Å². The summed E-state index contributed by atoms with van der Waals surface area (Å²) in [6.07, 6.45) is 0.846. The number of para-hydroxylation sites is 1. The number of nitrogens with zero attached hydrogens (tertiary/aromatic N) is 1. The molecule has 1 aliphatic rings. The van der Waals surface area contributed by atoms with Crippen molar-refractivity contribution in [2.24, 2.45) is 5.92 Å². The lowest BCUT2D eigenvalue weighted by atomic mass is 9.97. The van der Waals surface area contributed by atoms with Crippen molar-refractivity contribution >= 4 is 37.3 Å².